The van der Waals surface area contributed by atoms with Gasteiger partial charge in [-0.05, 0) is 48.6 Å². The Morgan fingerprint density at radius 2 is 1.38 bits per heavy atom. The van der Waals surface area contributed by atoms with Crippen molar-refractivity contribution in [1.82, 2.24) is 0 Å². The Bertz CT molecular complexity index is 885. The molecule has 0 spiro atoms. The van der Waals surface area contributed by atoms with Crippen LogP contribution < -0.4 is 9.80 Å². The topological polar surface area (TPSA) is 40.6 Å². The van der Waals surface area contributed by atoms with Crippen molar-refractivity contribution in [1.29, 1.82) is 0 Å². The first-order valence-corrected chi connectivity index (χ1v) is 10.6. The largest absolute Gasteiger partial charge is 0.312 e. The summed E-state index contributed by atoms with van der Waals surface area (Å²) in [6, 6.07) is 17.3. The minimum absolute atomic E-state index is 0.136. The molecule has 2 saturated heterocycles. The van der Waals surface area contributed by atoms with Crippen molar-refractivity contribution < 1.29 is 8.42 Å². The fourth-order valence-electron chi connectivity index (χ4n) is 3.50. The van der Waals surface area contributed by atoms with Gasteiger partial charge in [-0.3, -0.25) is 0 Å². The van der Waals surface area contributed by atoms with Gasteiger partial charge in [0.05, 0.1) is 23.6 Å². The number of para-hydroxylation sites is 1. The third-order valence-corrected chi connectivity index (χ3v) is 7.13. The molecule has 124 valence electrons. The number of nitrogens with zero attached hydrogens (tertiary/aromatic N) is 2. The highest BCUT2D eigenvalue weighted by Crippen LogP contribution is 2.38. The number of thiocarbonyl (C=S) groups is 1. The van der Waals surface area contributed by atoms with Crippen LogP contribution in [0.15, 0.2) is 59.1 Å². The summed E-state index contributed by atoms with van der Waals surface area (Å²) in [4.78, 5) is 3.98. The second kappa shape index (κ2) is 5.82. The molecule has 0 aliphatic carbocycles. The lowest BCUT2D eigenvalue weighted by atomic mass is 10.1. The molecule has 0 aromatic heterocycles. The molecule has 4 nitrogen and oxygen atoms in total. The van der Waals surface area contributed by atoms with Crippen LogP contribution in [0.5, 0.6) is 0 Å². The molecule has 2 heterocycles. The van der Waals surface area contributed by atoms with Gasteiger partial charge in [0.15, 0.2) is 14.9 Å². The quantitative estimate of drug-likeness (QED) is 0.694. The van der Waals surface area contributed by atoms with Crippen molar-refractivity contribution in [3.05, 3.63) is 59.1 Å². The molecule has 0 bridgehead atoms. The van der Waals surface area contributed by atoms with Gasteiger partial charge in [-0.1, -0.05) is 34.1 Å². The smallest absolute Gasteiger partial charge is 0.181 e. The van der Waals surface area contributed by atoms with E-state index in [1.165, 1.54) is 0 Å². The Labute approximate surface area is 155 Å². The zero-order valence-electron chi connectivity index (χ0n) is 12.7. The monoisotopic (exact) mass is 422 g/mol. The minimum Gasteiger partial charge on any atom is -0.312 e. The van der Waals surface area contributed by atoms with Crippen LogP contribution in [0.25, 0.3) is 0 Å². The third kappa shape index (κ3) is 2.64. The molecule has 2 aliphatic rings. The van der Waals surface area contributed by atoms with E-state index in [-0.39, 0.29) is 23.6 Å². The van der Waals surface area contributed by atoms with E-state index in [1.807, 2.05) is 64.4 Å². The maximum absolute atomic E-state index is 12.3. The first kappa shape index (κ1) is 16.1. The molecule has 0 saturated carbocycles. The van der Waals surface area contributed by atoms with Crippen molar-refractivity contribution in [3.8, 4) is 0 Å². The number of benzene rings is 2. The lowest BCUT2D eigenvalue weighted by molar-refractivity contribution is 0.601. The van der Waals surface area contributed by atoms with Crippen molar-refractivity contribution in [3.63, 3.8) is 0 Å². The highest BCUT2D eigenvalue weighted by molar-refractivity contribution is 9.10. The van der Waals surface area contributed by atoms with Gasteiger partial charge in [0.25, 0.3) is 0 Å². The molecule has 0 radical (unpaired) electrons. The lowest BCUT2D eigenvalue weighted by Crippen LogP contribution is -2.37. The summed E-state index contributed by atoms with van der Waals surface area (Å²) in [5.74, 6) is 0.275. The maximum Gasteiger partial charge on any atom is 0.181 e. The van der Waals surface area contributed by atoms with Crippen LogP contribution in [0.3, 0.4) is 0 Å². The first-order valence-electron chi connectivity index (χ1n) is 7.60. The van der Waals surface area contributed by atoms with Gasteiger partial charge >= 0.3 is 0 Å². The Morgan fingerprint density at radius 1 is 0.875 bits per heavy atom. The standard InChI is InChI=1S/C17H15BrN2O2S2/c18-12-6-8-14(9-7-12)20-16-11-24(21,22)10-15(16)19(17(20)23)13-4-2-1-3-5-13/h1-9,15-16H,10-11H2/t15-,16+/m1/s1. The van der Waals surface area contributed by atoms with E-state index >= 15 is 0 Å². The van der Waals surface area contributed by atoms with E-state index in [2.05, 4.69) is 15.9 Å². The number of hydrogen-bond acceptors (Lipinski definition) is 3. The van der Waals surface area contributed by atoms with Crippen molar-refractivity contribution in [2.75, 3.05) is 21.3 Å². The average molecular weight is 423 g/mol. The third-order valence-electron chi connectivity index (χ3n) is 4.51. The zero-order chi connectivity index (χ0) is 16.9. The van der Waals surface area contributed by atoms with Gasteiger partial charge in [-0.15, -0.1) is 0 Å². The summed E-state index contributed by atoms with van der Waals surface area (Å²) in [7, 11) is -3.07. The predicted molar refractivity (Wildman–Crippen MR) is 104 cm³/mol. The summed E-state index contributed by atoms with van der Waals surface area (Å²) >= 11 is 9.17. The molecule has 2 atom stereocenters. The highest BCUT2D eigenvalue weighted by atomic mass is 79.9. The average Bonchev–Trinajstić information content (AvgIpc) is 2.98. The van der Waals surface area contributed by atoms with Crippen LogP contribution in [0.4, 0.5) is 11.4 Å². The minimum atomic E-state index is -3.07. The number of rotatable bonds is 2. The first-order chi connectivity index (χ1) is 11.5. The van der Waals surface area contributed by atoms with E-state index in [1.54, 1.807) is 0 Å². The van der Waals surface area contributed by atoms with Crippen LogP contribution in [0, 0.1) is 0 Å². The zero-order valence-corrected chi connectivity index (χ0v) is 15.9. The van der Waals surface area contributed by atoms with Gasteiger partial charge in [-0.2, -0.15) is 0 Å². The van der Waals surface area contributed by atoms with Crippen LogP contribution in [0.1, 0.15) is 0 Å². The molecule has 0 unspecified atom stereocenters. The normalized spacial score (nSPS) is 25.1. The van der Waals surface area contributed by atoms with Crippen molar-refractivity contribution in [2.24, 2.45) is 0 Å². The van der Waals surface area contributed by atoms with Gasteiger partial charge in [0.2, 0.25) is 0 Å². The maximum atomic E-state index is 12.3. The molecule has 2 fully saturated rings. The molecular weight excluding hydrogens is 408 g/mol. The van der Waals surface area contributed by atoms with Gasteiger partial charge < -0.3 is 9.80 Å². The highest BCUT2D eigenvalue weighted by Gasteiger charge is 2.52. The van der Waals surface area contributed by atoms with Crippen LogP contribution >= 0.6 is 28.1 Å². The van der Waals surface area contributed by atoms with Gasteiger partial charge in [0.1, 0.15) is 0 Å². The van der Waals surface area contributed by atoms with Crippen molar-refractivity contribution >= 4 is 54.5 Å². The summed E-state index contributed by atoms with van der Waals surface area (Å²) in [5, 5.41) is 0.661. The van der Waals surface area contributed by atoms with E-state index in [4.69, 9.17) is 12.2 Å². The fourth-order valence-corrected chi connectivity index (χ4v) is 6.16. The second-order valence-electron chi connectivity index (χ2n) is 6.05. The molecule has 7 heteroatoms. The molecule has 2 aliphatic heterocycles. The molecule has 2 aromatic carbocycles. The lowest BCUT2D eigenvalue weighted by Gasteiger charge is -2.25. The molecule has 4 rings (SSSR count). The van der Waals surface area contributed by atoms with Gasteiger partial charge in [0, 0.05) is 15.8 Å². The molecule has 0 amide bonds. The van der Waals surface area contributed by atoms with Crippen LogP contribution in [-0.2, 0) is 9.84 Å². The second-order valence-corrected chi connectivity index (χ2v) is 9.48. The van der Waals surface area contributed by atoms with Gasteiger partial charge in [-0.25, -0.2) is 8.42 Å². The van der Waals surface area contributed by atoms with Crippen LogP contribution in [-0.4, -0.2) is 37.1 Å². The number of halogens is 1. The molecule has 24 heavy (non-hydrogen) atoms. The summed E-state index contributed by atoms with van der Waals surface area (Å²) in [5.41, 5.74) is 1.86. The number of anilines is 2. The molecular formula is C17H15BrN2O2S2. The fraction of sp³-hybridized carbons (Fsp3) is 0.235. The number of hydrogen-bond donors (Lipinski definition) is 0. The van der Waals surface area contributed by atoms with E-state index < -0.39 is 9.84 Å². The summed E-state index contributed by atoms with van der Waals surface area (Å²) < 4.78 is 25.5. The Balaban J connectivity index is 1.80. The summed E-state index contributed by atoms with van der Waals surface area (Å²) in [6.45, 7) is 0. The SMILES string of the molecule is O=S1(=O)C[C@@H]2[C@H](C1)N(c1ccc(Br)cc1)C(=S)N2c1ccccc1. The number of sulfone groups is 1. The van der Waals surface area contributed by atoms with Crippen molar-refractivity contribution in [2.45, 2.75) is 12.1 Å². The van der Waals surface area contributed by atoms with Crippen LogP contribution in [0.2, 0.25) is 0 Å². The Kier molecular flexibility index (Phi) is 3.89. The molecule has 0 N–H and O–H groups in total. The molecule has 2 aromatic rings. The number of fused-ring (bicyclic) bond motifs is 1. The Morgan fingerprint density at radius 3 is 1.92 bits per heavy atom. The van der Waals surface area contributed by atoms with E-state index in [0.29, 0.717) is 5.11 Å². The van der Waals surface area contributed by atoms with E-state index in [9.17, 15) is 8.42 Å². The predicted octanol–water partition coefficient (Wildman–Crippen LogP) is 3.23. The Hall–Kier alpha value is -1.44. The summed E-state index contributed by atoms with van der Waals surface area (Å²) in [6.07, 6.45) is 0. The van der Waals surface area contributed by atoms with E-state index in [0.717, 1.165) is 15.8 Å².